The van der Waals surface area contributed by atoms with Crippen LogP contribution in [0.5, 0.6) is 5.75 Å². The van der Waals surface area contributed by atoms with E-state index < -0.39 is 17.6 Å². The summed E-state index contributed by atoms with van der Waals surface area (Å²) in [5.41, 5.74) is 5.96. The van der Waals surface area contributed by atoms with Crippen molar-refractivity contribution in [1.29, 1.82) is 0 Å². The van der Waals surface area contributed by atoms with Crippen molar-refractivity contribution in [2.24, 2.45) is 0 Å². The third-order valence-electron chi connectivity index (χ3n) is 3.81. The zero-order valence-electron chi connectivity index (χ0n) is 14.7. The first-order chi connectivity index (χ1) is 13.0. The van der Waals surface area contributed by atoms with Gasteiger partial charge in [0.25, 0.3) is 11.8 Å². The Balaban J connectivity index is 1.72. The lowest BCUT2D eigenvalue weighted by molar-refractivity contribution is 0.0841. The number of halogens is 1. The standard InChI is InChI=1S/C19H17FN4O3/c1-12-7-8-17(27-2)16(11-12)24-10-9-15(23-24)19(26)22-21-18(25)13-5-3-4-6-14(13)20/h3-11H,1-2H3,(H,21,25)(H,22,26). The lowest BCUT2D eigenvalue weighted by atomic mass is 10.2. The number of ether oxygens (including phenoxy) is 1. The van der Waals surface area contributed by atoms with Gasteiger partial charge in [-0.2, -0.15) is 5.10 Å². The zero-order valence-corrected chi connectivity index (χ0v) is 14.7. The number of hydrogen-bond acceptors (Lipinski definition) is 4. The molecule has 0 aliphatic carbocycles. The molecule has 8 heteroatoms. The molecule has 1 aromatic heterocycles. The van der Waals surface area contributed by atoms with Gasteiger partial charge in [-0.15, -0.1) is 0 Å². The van der Waals surface area contributed by atoms with Gasteiger partial charge < -0.3 is 4.74 Å². The summed E-state index contributed by atoms with van der Waals surface area (Å²) in [6.07, 6.45) is 1.60. The molecule has 0 aliphatic rings. The van der Waals surface area contributed by atoms with Gasteiger partial charge in [-0.05, 0) is 42.8 Å². The van der Waals surface area contributed by atoms with Crippen LogP contribution in [0.3, 0.4) is 0 Å². The molecule has 0 saturated heterocycles. The quantitative estimate of drug-likeness (QED) is 0.693. The second-order valence-electron chi connectivity index (χ2n) is 5.71. The van der Waals surface area contributed by atoms with Gasteiger partial charge in [0.15, 0.2) is 5.69 Å². The number of aromatic nitrogens is 2. The van der Waals surface area contributed by atoms with Crippen molar-refractivity contribution in [2.75, 3.05) is 7.11 Å². The normalized spacial score (nSPS) is 10.3. The van der Waals surface area contributed by atoms with Crippen LogP contribution in [-0.2, 0) is 0 Å². The molecular formula is C19H17FN4O3. The monoisotopic (exact) mass is 368 g/mol. The number of hydrogen-bond donors (Lipinski definition) is 2. The number of aryl methyl sites for hydroxylation is 1. The average Bonchev–Trinajstić information content (AvgIpc) is 3.16. The minimum absolute atomic E-state index is 0.0763. The molecule has 0 atom stereocenters. The van der Waals surface area contributed by atoms with E-state index in [-0.39, 0.29) is 11.3 Å². The molecular weight excluding hydrogens is 351 g/mol. The van der Waals surface area contributed by atoms with E-state index in [0.717, 1.165) is 11.6 Å². The minimum atomic E-state index is -0.763. The first-order valence-electron chi connectivity index (χ1n) is 8.05. The molecule has 3 rings (SSSR count). The second-order valence-corrected chi connectivity index (χ2v) is 5.71. The molecule has 0 saturated carbocycles. The third-order valence-corrected chi connectivity index (χ3v) is 3.81. The van der Waals surface area contributed by atoms with Crippen molar-refractivity contribution < 1.29 is 18.7 Å². The van der Waals surface area contributed by atoms with Crippen LogP contribution in [-0.4, -0.2) is 28.7 Å². The molecule has 7 nitrogen and oxygen atoms in total. The third kappa shape index (κ3) is 3.95. The summed E-state index contributed by atoms with van der Waals surface area (Å²) >= 11 is 0. The predicted octanol–water partition coefficient (Wildman–Crippen LogP) is 2.40. The van der Waals surface area contributed by atoms with Gasteiger partial charge in [-0.1, -0.05) is 18.2 Å². The van der Waals surface area contributed by atoms with E-state index >= 15 is 0 Å². The van der Waals surface area contributed by atoms with Gasteiger partial charge >= 0.3 is 0 Å². The number of amides is 2. The molecule has 0 radical (unpaired) electrons. The number of rotatable bonds is 4. The van der Waals surface area contributed by atoms with Crippen molar-refractivity contribution in [2.45, 2.75) is 6.92 Å². The number of hydrazine groups is 1. The first kappa shape index (κ1) is 18.1. The molecule has 2 N–H and O–H groups in total. The summed E-state index contributed by atoms with van der Waals surface area (Å²) in [4.78, 5) is 24.1. The number of nitrogens with one attached hydrogen (secondary N) is 2. The maximum absolute atomic E-state index is 13.6. The molecule has 0 fully saturated rings. The van der Waals surface area contributed by atoms with Gasteiger partial charge in [-0.3, -0.25) is 20.4 Å². The summed E-state index contributed by atoms with van der Waals surface area (Å²) in [6, 6.07) is 12.5. The van der Waals surface area contributed by atoms with Crippen LogP contribution in [0.4, 0.5) is 4.39 Å². The molecule has 0 aliphatic heterocycles. The highest BCUT2D eigenvalue weighted by molar-refractivity contribution is 5.98. The Morgan fingerprint density at radius 2 is 1.81 bits per heavy atom. The Kier molecular flexibility index (Phi) is 5.16. The highest BCUT2D eigenvalue weighted by Crippen LogP contribution is 2.23. The number of carbonyl (C=O) groups is 2. The topological polar surface area (TPSA) is 85.2 Å². The van der Waals surface area contributed by atoms with Gasteiger partial charge in [0.1, 0.15) is 17.3 Å². The van der Waals surface area contributed by atoms with E-state index in [9.17, 15) is 14.0 Å². The smallest absolute Gasteiger partial charge is 0.290 e. The van der Waals surface area contributed by atoms with E-state index in [1.54, 1.807) is 19.4 Å². The highest BCUT2D eigenvalue weighted by atomic mass is 19.1. The van der Waals surface area contributed by atoms with Crippen molar-refractivity contribution in [3.8, 4) is 11.4 Å². The Morgan fingerprint density at radius 1 is 1.07 bits per heavy atom. The molecule has 0 unspecified atom stereocenters. The molecule has 2 aromatic carbocycles. The summed E-state index contributed by atoms with van der Waals surface area (Å²) in [7, 11) is 1.55. The van der Waals surface area contributed by atoms with Crippen LogP contribution >= 0.6 is 0 Å². The molecule has 1 heterocycles. The minimum Gasteiger partial charge on any atom is -0.494 e. The van der Waals surface area contributed by atoms with Gasteiger partial charge in [0.05, 0.1) is 12.7 Å². The molecule has 3 aromatic rings. The fourth-order valence-corrected chi connectivity index (χ4v) is 2.45. The molecule has 0 bridgehead atoms. The van der Waals surface area contributed by atoms with Gasteiger partial charge in [-0.25, -0.2) is 9.07 Å². The average molecular weight is 368 g/mol. The van der Waals surface area contributed by atoms with Gasteiger partial charge in [0.2, 0.25) is 0 Å². The maximum atomic E-state index is 13.6. The van der Waals surface area contributed by atoms with E-state index in [1.165, 1.54) is 28.9 Å². The zero-order chi connectivity index (χ0) is 19.4. The van der Waals surface area contributed by atoms with E-state index in [1.807, 2.05) is 19.1 Å². The number of carbonyl (C=O) groups excluding carboxylic acids is 2. The van der Waals surface area contributed by atoms with Crippen LogP contribution in [0.2, 0.25) is 0 Å². The fraction of sp³-hybridized carbons (Fsp3) is 0.105. The van der Waals surface area contributed by atoms with Crippen molar-refractivity contribution in [1.82, 2.24) is 20.6 Å². The SMILES string of the molecule is COc1ccc(C)cc1-n1ccc(C(=O)NNC(=O)c2ccccc2F)n1. The van der Waals surface area contributed by atoms with Crippen LogP contribution in [0, 0.1) is 12.7 Å². The second kappa shape index (κ2) is 7.69. The Bertz CT molecular complexity index is 1000. The van der Waals surface area contributed by atoms with Crippen LogP contribution < -0.4 is 15.6 Å². The number of nitrogens with zero attached hydrogens (tertiary/aromatic N) is 2. The van der Waals surface area contributed by atoms with E-state index in [4.69, 9.17) is 4.74 Å². The summed E-state index contributed by atoms with van der Waals surface area (Å²) in [5, 5.41) is 4.20. The van der Waals surface area contributed by atoms with Crippen LogP contribution in [0.15, 0.2) is 54.7 Å². The molecule has 2 amide bonds. The van der Waals surface area contributed by atoms with Crippen LogP contribution in [0.25, 0.3) is 5.69 Å². The van der Waals surface area contributed by atoms with Crippen LogP contribution in [0.1, 0.15) is 26.4 Å². The van der Waals surface area contributed by atoms with Gasteiger partial charge in [0, 0.05) is 6.20 Å². The Labute approximate surface area is 154 Å². The highest BCUT2D eigenvalue weighted by Gasteiger charge is 2.15. The van der Waals surface area contributed by atoms with Crippen molar-refractivity contribution in [3.63, 3.8) is 0 Å². The number of methoxy groups -OCH3 is 1. The summed E-state index contributed by atoms with van der Waals surface area (Å²) in [5.74, 6) is -1.48. The summed E-state index contributed by atoms with van der Waals surface area (Å²) < 4.78 is 20.4. The fourth-order valence-electron chi connectivity index (χ4n) is 2.45. The lowest BCUT2D eigenvalue weighted by Crippen LogP contribution is -2.42. The van der Waals surface area contributed by atoms with Crippen molar-refractivity contribution in [3.05, 3.63) is 77.4 Å². The van der Waals surface area contributed by atoms with E-state index in [2.05, 4.69) is 16.0 Å². The Morgan fingerprint density at radius 3 is 2.56 bits per heavy atom. The first-order valence-corrected chi connectivity index (χ1v) is 8.05. The molecule has 138 valence electrons. The molecule has 27 heavy (non-hydrogen) atoms. The summed E-state index contributed by atoms with van der Waals surface area (Å²) in [6.45, 7) is 1.93. The number of benzene rings is 2. The maximum Gasteiger partial charge on any atom is 0.290 e. The van der Waals surface area contributed by atoms with Crippen molar-refractivity contribution >= 4 is 11.8 Å². The largest absolute Gasteiger partial charge is 0.494 e. The Hall–Kier alpha value is -3.68. The predicted molar refractivity (Wildman–Crippen MR) is 96.2 cm³/mol. The van der Waals surface area contributed by atoms with E-state index in [0.29, 0.717) is 11.4 Å². The molecule has 0 spiro atoms. The lowest BCUT2D eigenvalue weighted by Gasteiger charge is -2.09.